The SMILES string of the molecule is CC(=O)N1N=C(c2ccc(F)cc2)C[C@H]1c1cc2cccc(C)c2nc1Cl. The number of aromatic nitrogens is 1. The topological polar surface area (TPSA) is 45.6 Å². The Kier molecular flexibility index (Phi) is 4.40. The monoisotopic (exact) mass is 381 g/mol. The molecule has 0 unspecified atom stereocenters. The summed E-state index contributed by atoms with van der Waals surface area (Å²) in [5, 5.41) is 7.24. The molecule has 0 fully saturated rings. The van der Waals surface area contributed by atoms with Gasteiger partial charge in [-0.3, -0.25) is 4.79 Å². The fraction of sp³-hybridized carbons (Fsp3) is 0.190. The minimum atomic E-state index is -0.340. The highest BCUT2D eigenvalue weighted by molar-refractivity contribution is 6.30. The molecule has 1 atom stereocenters. The zero-order valence-electron chi connectivity index (χ0n) is 14.9. The van der Waals surface area contributed by atoms with E-state index in [0.29, 0.717) is 11.6 Å². The number of pyridine rings is 1. The van der Waals surface area contributed by atoms with Gasteiger partial charge in [0.2, 0.25) is 5.91 Å². The van der Waals surface area contributed by atoms with Crippen molar-refractivity contribution in [3.8, 4) is 0 Å². The van der Waals surface area contributed by atoms with Gasteiger partial charge in [0.25, 0.3) is 0 Å². The number of hydrogen-bond acceptors (Lipinski definition) is 3. The van der Waals surface area contributed by atoms with Crippen molar-refractivity contribution in [3.63, 3.8) is 0 Å². The van der Waals surface area contributed by atoms with E-state index in [0.717, 1.165) is 33.3 Å². The molecule has 0 spiro atoms. The first-order chi connectivity index (χ1) is 12.9. The molecule has 2 heterocycles. The summed E-state index contributed by atoms with van der Waals surface area (Å²) < 4.78 is 13.2. The third-order valence-corrected chi connectivity index (χ3v) is 5.10. The van der Waals surface area contributed by atoms with E-state index in [-0.39, 0.29) is 17.8 Å². The van der Waals surface area contributed by atoms with Gasteiger partial charge in [0.1, 0.15) is 11.0 Å². The maximum Gasteiger partial charge on any atom is 0.240 e. The van der Waals surface area contributed by atoms with Gasteiger partial charge in [-0.15, -0.1) is 0 Å². The lowest BCUT2D eigenvalue weighted by Gasteiger charge is -2.21. The molecule has 1 aliphatic heterocycles. The third-order valence-electron chi connectivity index (χ3n) is 4.80. The number of carbonyl (C=O) groups is 1. The van der Waals surface area contributed by atoms with Gasteiger partial charge in [-0.1, -0.05) is 41.9 Å². The summed E-state index contributed by atoms with van der Waals surface area (Å²) in [4.78, 5) is 16.7. The van der Waals surface area contributed by atoms with Gasteiger partial charge in [-0.2, -0.15) is 5.10 Å². The average molecular weight is 382 g/mol. The normalized spacial score (nSPS) is 16.7. The van der Waals surface area contributed by atoms with Crippen molar-refractivity contribution in [2.75, 3.05) is 0 Å². The minimum absolute atomic E-state index is 0.183. The fourth-order valence-corrected chi connectivity index (χ4v) is 3.70. The van der Waals surface area contributed by atoms with Gasteiger partial charge in [0.15, 0.2) is 0 Å². The molecule has 1 aromatic heterocycles. The van der Waals surface area contributed by atoms with Crippen molar-refractivity contribution in [1.29, 1.82) is 0 Å². The second kappa shape index (κ2) is 6.74. The molecular weight excluding hydrogens is 365 g/mol. The van der Waals surface area contributed by atoms with Crippen LogP contribution in [0.4, 0.5) is 4.39 Å². The van der Waals surface area contributed by atoms with Crippen LogP contribution in [0.5, 0.6) is 0 Å². The second-order valence-corrected chi connectivity index (χ2v) is 7.01. The number of para-hydroxylation sites is 1. The Morgan fingerprint density at radius 2 is 1.96 bits per heavy atom. The molecule has 4 rings (SSSR count). The van der Waals surface area contributed by atoms with Crippen molar-refractivity contribution in [3.05, 3.63) is 76.2 Å². The van der Waals surface area contributed by atoms with Crippen LogP contribution in [0.25, 0.3) is 10.9 Å². The molecular formula is C21H17ClFN3O. The molecule has 0 saturated heterocycles. The van der Waals surface area contributed by atoms with Gasteiger partial charge in [-0.05, 0) is 36.2 Å². The summed E-state index contributed by atoms with van der Waals surface area (Å²) in [6.45, 7) is 3.45. The predicted molar refractivity (Wildman–Crippen MR) is 104 cm³/mol. The van der Waals surface area contributed by atoms with E-state index in [4.69, 9.17) is 11.6 Å². The van der Waals surface area contributed by atoms with E-state index in [1.54, 1.807) is 12.1 Å². The Hall–Kier alpha value is -2.79. The highest BCUT2D eigenvalue weighted by atomic mass is 35.5. The molecule has 4 nitrogen and oxygen atoms in total. The number of halogens is 2. The number of benzene rings is 2. The summed E-state index contributed by atoms with van der Waals surface area (Å²) >= 11 is 6.49. The molecule has 0 aliphatic carbocycles. The van der Waals surface area contributed by atoms with Crippen LogP contribution >= 0.6 is 11.6 Å². The smallest absolute Gasteiger partial charge is 0.240 e. The predicted octanol–water partition coefficient (Wildman–Crippen LogP) is 5.03. The van der Waals surface area contributed by atoms with E-state index in [1.807, 2.05) is 31.2 Å². The Morgan fingerprint density at radius 1 is 1.22 bits per heavy atom. The Morgan fingerprint density at radius 3 is 2.67 bits per heavy atom. The maximum atomic E-state index is 13.2. The third kappa shape index (κ3) is 3.19. The standard InChI is InChI=1S/C21H17ClFN3O/c1-12-4-3-5-15-10-17(21(22)24-20(12)15)19-11-18(25-26(19)13(2)27)14-6-8-16(23)9-7-14/h3-10,19H,11H2,1-2H3/t19-/m0/s1. The number of fused-ring (bicyclic) bond motifs is 1. The van der Waals surface area contributed by atoms with Crippen LogP contribution < -0.4 is 0 Å². The van der Waals surface area contributed by atoms with E-state index < -0.39 is 0 Å². The number of carbonyl (C=O) groups excluding carboxylic acids is 1. The lowest BCUT2D eigenvalue weighted by atomic mass is 9.98. The van der Waals surface area contributed by atoms with E-state index in [1.165, 1.54) is 24.1 Å². The van der Waals surface area contributed by atoms with Gasteiger partial charge in [0, 0.05) is 24.3 Å². The van der Waals surface area contributed by atoms with Crippen molar-refractivity contribution in [1.82, 2.24) is 9.99 Å². The van der Waals surface area contributed by atoms with Crippen LogP contribution in [-0.4, -0.2) is 21.6 Å². The molecule has 0 N–H and O–H groups in total. The Balaban J connectivity index is 1.77. The zero-order valence-corrected chi connectivity index (χ0v) is 15.7. The summed E-state index contributed by atoms with van der Waals surface area (Å²) in [7, 11) is 0. The molecule has 136 valence electrons. The van der Waals surface area contributed by atoms with E-state index in [2.05, 4.69) is 10.1 Å². The highest BCUT2D eigenvalue weighted by Crippen LogP contribution is 2.37. The Labute approximate surface area is 161 Å². The summed E-state index contributed by atoms with van der Waals surface area (Å²) in [6.07, 6.45) is 0.490. The highest BCUT2D eigenvalue weighted by Gasteiger charge is 2.33. The van der Waals surface area contributed by atoms with Crippen molar-refractivity contribution in [2.45, 2.75) is 26.3 Å². The van der Waals surface area contributed by atoms with Gasteiger partial charge >= 0.3 is 0 Å². The quantitative estimate of drug-likeness (QED) is 0.584. The van der Waals surface area contributed by atoms with Crippen LogP contribution in [0, 0.1) is 12.7 Å². The first-order valence-corrected chi connectivity index (χ1v) is 9.01. The lowest BCUT2D eigenvalue weighted by molar-refractivity contribution is -0.130. The molecule has 3 aromatic rings. The van der Waals surface area contributed by atoms with Crippen LogP contribution in [-0.2, 0) is 4.79 Å². The van der Waals surface area contributed by atoms with Crippen LogP contribution in [0.2, 0.25) is 5.15 Å². The molecule has 1 aliphatic rings. The lowest BCUT2D eigenvalue weighted by Crippen LogP contribution is -2.24. The Bertz CT molecular complexity index is 1080. The second-order valence-electron chi connectivity index (χ2n) is 6.65. The van der Waals surface area contributed by atoms with Gasteiger partial charge in [0.05, 0.1) is 17.3 Å². The van der Waals surface area contributed by atoms with Crippen LogP contribution in [0.1, 0.15) is 36.1 Å². The number of hydrazone groups is 1. The molecule has 0 radical (unpaired) electrons. The fourth-order valence-electron chi connectivity index (χ4n) is 3.43. The molecule has 0 bridgehead atoms. The number of hydrogen-bond donors (Lipinski definition) is 0. The zero-order chi connectivity index (χ0) is 19.1. The van der Waals surface area contributed by atoms with Crippen LogP contribution in [0.3, 0.4) is 0 Å². The van der Waals surface area contributed by atoms with Gasteiger partial charge < -0.3 is 0 Å². The number of aryl methyl sites for hydroxylation is 1. The molecule has 27 heavy (non-hydrogen) atoms. The first kappa shape index (κ1) is 17.6. The molecule has 1 amide bonds. The first-order valence-electron chi connectivity index (χ1n) is 8.63. The van der Waals surface area contributed by atoms with Crippen molar-refractivity contribution in [2.24, 2.45) is 5.10 Å². The summed E-state index contributed by atoms with van der Waals surface area (Å²) in [5.74, 6) is -0.494. The number of nitrogens with zero attached hydrogens (tertiary/aromatic N) is 3. The van der Waals surface area contributed by atoms with Crippen LogP contribution in [0.15, 0.2) is 53.6 Å². The van der Waals surface area contributed by atoms with Crippen molar-refractivity contribution >= 4 is 34.1 Å². The largest absolute Gasteiger partial charge is 0.273 e. The molecule has 2 aromatic carbocycles. The number of rotatable bonds is 2. The minimum Gasteiger partial charge on any atom is -0.273 e. The summed E-state index contributed by atoms with van der Waals surface area (Å²) in [6, 6.07) is 13.7. The van der Waals surface area contributed by atoms with Crippen molar-refractivity contribution < 1.29 is 9.18 Å². The number of amides is 1. The molecule has 0 saturated carbocycles. The van der Waals surface area contributed by atoms with Gasteiger partial charge in [-0.25, -0.2) is 14.4 Å². The molecule has 6 heteroatoms. The summed E-state index contributed by atoms with van der Waals surface area (Å²) in [5.41, 5.74) is 4.14. The average Bonchev–Trinajstić information content (AvgIpc) is 3.08. The van der Waals surface area contributed by atoms with E-state index in [9.17, 15) is 9.18 Å². The van der Waals surface area contributed by atoms with E-state index >= 15 is 0 Å². The maximum absolute atomic E-state index is 13.2.